The van der Waals surface area contributed by atoms with Gasteiger partial charge in [-0.25, -0.2) is 9.97 Å². The van der Waals surface area contributed by atoms with E-state index in [9.17, 15) is 0 Å². The molecule has 0 radical (unpaired) electrons. The Morgan fingerprint density at radius 3 is 1.82 bits per heavy atom. The molecule has 1 aromatic heterocycles. The van der Waals surface area contributed by atoms with Crippen molar-refractivity contribution in [1.29, 1.82) is 0 Å². The van der Waals surface area contributed by atoms with Crippen molar-refractivity contribution in [3.63, 3.8) is 0 Å². The molecule has 40 heavy (non-hydrogen) atoms. The second-order valence-corrected chi connectivity index (χ2v) is 9.93. The summed E-state index contributed by atoms with van der Waals surface area (Å²) in [5, 5.41) is 0. The summed E-state index contributed by atoms with van der Waals surface area (Å²) < 4.78 is 0. The maximum absolute atomic E-state index is 4.04. The molecule has 1 heterocycles. The van der Waals surface area contributed by atoms with Crippen molar-refractivity contribution in [1.82, 2.24) is 9.97 Å². The lowest BCUT2D eigenvalue weighted by Crippen LogP contribution is -2.06. The molecule has 5 nitrogen and oxygen atoms in total. The predicted molar refractivity (Wildman–Crippen MR) is 179 cm³/mol. The van der Waals surface area contributed by atoms with Gasteiger partial charge in [0.15, 0.2) is 0 Å². The van der Waals surface area contributed by atoms with Gasteiger partial charge in [-0.1, -0.05) is 83.7 Å². The zero-order valence-electron chi connectivity index (χ0n) is 26.6. The zero-order valence-corrected chi connectivity index (χ0v) is 26.6. The smallest absolute Gasteiger partial charge is 0.125 e. The summed E-state index contributed by atoms with van der Waals surface area (Å²) in [5.74, 6) is 1.80. The number of rotatable bonds is 9. The number of hydrogen-bond donors (Lipinski definition) is 0. The van der Waals surface area contributed by atoms with Crippen LogP contribution in [0.1, 0.15) is 75.9 Å². The summed E-state index contributed by atoms with van der Waals surface area (Å²) in [6.07, 6.45) is 13.8. The summed E-state index contributed by atoms with van der Waals surface area (Å²) in [6.45, 7) is 21.7. The molecule has 0 spiro atoms. The van der Waals surface area contributed by atoms with Crippen LogP contribution in [-0.2, 0) is 6.42 Å². The minimum absolute atomic E-state index is 0.840. The Hall–Kier alpha value is -3.60. The van der Waals surface area contributed by atoms with Crippen molar-refractivity contribution >= 4 is 19.1 Å². The average Bonchev–Trinajstić information content (AvgIpc) is 2.95. The summed E-state index contributed by atoms with van der Waals surface area (Å²) >= 11 is 0. The van der Waals surface area contributed by atoms with E-state index >= 15 is 0 Å². The fraction of sp³-hybridized carbons (Fsp3) is 0.429. The van der Waals surface area contributed by atoms with Crippen molar-refractivity contribution in [2.24, 2.45) is 15.9 Å². The third-order valence-electron chi connectivity index (χ3n) is 6.32. The number of anilines is 1. The molecule has 0 bridgehead atoms. The van der Waals surface area contributed by atoms with Gasteiger partial charge in [0.2, 0.25) is 0 Å². The summed E-state index contributed by atoms with van der Waals surface area (Å²) in [5.41, 5.74) is 7.45. The molecule has 0 amide bonds. The number of benzene rings is 2. The summed E-state index contributed by atoms with van der Waals surface area (Å²) in [6, 6.07) is 15.1. The second-order valence-electron chi connectivity index (χ2n) is 9.93. The Morgan fingerprint density at radius 1 is 0.850 bits per heavy atom. The topological polar surface area (TPSA) is 53.7 Å². The normalized spacial score (nSPS) is 9.95. The quantitative estimate of drug-likeness (QED) is 0.253. The molecular weight excluding hydrogens is 490 g/mol. The van der Waals surface area contributed by atoms with Crippen LogP contribution in [0.25, 0.3) is 11.1 Å². The zero-order chi connectivity index (χ0) is 30.3. The molecule has 0 N–H and O–H groups in total. The molecule has 0 aliphatic rings. The Morgan fingerprint density at radius 2 is 1.38 bits per heavy atom. The maximum Gasteiger partial charge on any atom is 0.125 e. The Labute approximate surface area is 245 Å². The van der Waals surface area contributed by atoms with Crippen molar-refractivity contribution in [3.8, 4) is 11.1 Å². The molecule has 0 saturated carbocycles. The van der Waals surface area contributed by atoms with Gasteiger partial charge in [0.25, 0.3) is 0 Å². The fourth-order valence-electron chi connectivity index (χ4n) is 3.78. The largest absolute Gasteiger partial charge is 0.350 e. The molecule has 0 unspecified atom stereocenters. The van der Waals surface area contributed by atoms with E-state index in [2.05, 4.69) is 117 Å². The molecular formula is C35H53N5. The molecule has 5 heteroatoms. The van der Waals surface area contributed by atoms with Gasteiger partial charge < -0.3 is 9.89 Å². The Bertz CT molecular complexity index is 1100. The highest BCUT2D eigenvalue weighted by Gasteiger charge is 2.02. The fourth-order valence-corrected chi connectivity index (χ4v) is 3.78. The molecule has 3 rings (SSSR count). The SMILES string of the molecule is C=N/C=C\N(C)c1ccc(-c2ccc(C)c(C)c2)cc1.C=NC.CCCC(C)CCC.CCc1cnc(C)nc1. The van der Waals surface area contributed by atoms with E-state index in [1.807, 2.05) is 37.5 Å². The van der Waals surface area contributed by atoms with E-state index < -0.39 is 0 Å². The van der Waals surface area contributed by atoms with Crippen molar-refractivity contribution in [2.75, 3.05) is 19.0 Å². The minimum Gasteiger partial charge on any atom is -0.350 e. The number of aryl methyl sites for hydroxylation is 4. The van der Waals surface area contributed by atoms with Gasteiger partial charge in [-0.2, -0.15) is 0 Å². The maximum atomic E-state index is 4.04. The van der Waals surface area contributed by atoms with E-state index in [1.54, 1.807) is 13.2 Å². The highest BCUT2D eigenvalue weighted by Crippen LogP contribution is 2.24. The van der Waals surface area contributed by atoms with Crippen LogP contribution in [0.3, 0.4) is 0 Å². The third-order valence-corrected chi connectivity index (χ3v) is 6.32. The van der Waals surface area contributed by atoms with E-state index in [-0.39, 0.29) is 0 Å². The van der Waals surface area contributed by atoms with Crippen LogP contribution < -0.4 is 4.90 Å². The third kappa shape index (κ3) is 15.7. The molecule has 0 fully saturated rings. The summed E-state index contributed by atoms with van der Waals surface area (Å²) in [7, 11) is 3.63. The van der Waals surface area contributed by atoms with Crippen LogP contribution in [0, 0.1) is 26.7 Å². The van der Waals surface area contributed by atoms with E-state index in [4.69, 9.17) is 0 Å². The van der Waals surface area contributed by atoms with Crippen LogP contribution in [0.15, 0.2) is 77.2 Å². The van der Waals surface area contributed by atoms with Gasteiger partial charge in [-0.05, 0) is 86.5 Å². The Balaban J connectivity index is 0.000000629. The first kappa shape index (κ1) is 36.4. The number of aliphatic imine (C=N–C) groups is 2. The van der Waals surface area contributed by atoms with Gasteiger partial charge in [0.1, 0.15) is 5.82 Å². The van der Waals surface area contributed by atoms with Gasteiger partial charge in [-0.15, -0.1) is 0 Å². The second kappa shape index (κ2) is 22.2. The molecule has 0 aliphatic heterocycles. The van der Waals surface area contributed by atoms with Gasteiger partial charge in [0.05, 0.1) is 0 Å². The lowest BCUT2D eigenvalue weighted by atomic mass is 10.0. The number of aromatic nitrogens is 2. The highest BCUT2D eigenvalue weighted by atomic mass is 15.1. The minimum atomic E-state index is 0.840. The van der Waals surface area contributed by atoms with Crippen LogP contribution >= 0.6 is 0 Å². The number of nitrogens with zero attached hydrogens (tertiary/aromatic N) is 5. The first-order chi connectivity index (χ1) is 19.2. The standard InChI is InChI=1S/C18H20N2.C8H18.C7H10N2.C2H5N/c1-14-5-6-17(13-15(14)2)16-7-9-18(10-8-16)20(4)12-11-19-3;1-4-6-8(3)7-5-2;1-3-7-4-8-6(2)9-5-7;1-3-2/h5-13H,3H2,1-2,4H3;8H,4-7H2,1-3H3;4-5H,3H2,1-2H3;1H2,2H3/b12-11-;;;. The van der Waals surface area contributed by atoms with Gasteiger partial charge in [-0.3, -0.25) is 4.99 Å². The predicted octanol–water partition coefficient (Wildman–Crippen LogP) is 9.47. The van der Waals surface area contributed by atoms with Crippen LogP contribution in [0.2, 0.25) is 0 Å². The van der Waals surface area contributed by atoms with Gasteiger partial charge >= 0.3 is 0 Å². The Kier molecular flexibility index (Phi) is 20.2. The monoisotopic (exact) mass is 543 g/mol. The molecule has 218 valence electrons. The van der Waals surface area contributed by atoms with Crippen LogP contribution in [0.5, 0.6) is 0 Å². The van der Waals surface area contributed by atoms with E-state index in [0.717, 1.165) is 23.9 Å². The molecule has 0 aliphatic carbocycles. The van der Waals surface area contributed by atoms with Crippen molar-refractivity contribution < 1.29 is 0 Å². The molecule has 2 aromatic carbocycles. The van der Waals surface area contributed by atoms with E-state index in [0.29, 0.717) is 0 Å². The lowest BCUT2D eigenvalue weighted by molar-refractivity contribution is 0.480. The van der Waals surface area contributed by atoms with Crippen LogP contribution in [-0.4, -0.2) is 37.5 Å². The van der Waals surface area contributed by atoms with Crippen molar-refractivity contribution in [3.05, 3.63) is 89.8 Å². The highest BCUT2D eigenvalue weighted by molar-refractivity contribution is 5.67. The average molecular weight is 544 g/mol. The lowest BCUT2D eigenvalue weighted by Gasteiger charge is -2.14. The first-order valence-electron chi connectivity index (χ1n) is 14.3. The molecule has 0 saturated heterocycles. The molecule has 0 atom stereocenters. The first-order valence-corrected chi connectivity index (χ1v) is 14.3. The number of hydrogen-bond acceptors (Lipinski definition) is 5. The molecule has 3 aromatic rings. The van der Waals surface area contributed by atoms with Crippen molar-refractivity contribution in [2.45, 2.75) is 80.6 Å². The van der Waals surface area contributed by atoms with E-state index in [1.165, 1.54) is 53.5 Å². The summed E-state index contributed by atoms with van der Waals surface area (Å²) in [4.78, 5) is 17.1. The van der Waals surface area contributed by atoms with Gasteiger partial charge in [0, 0.05) is 44.6 Å². The van der Waals surface area contributed by atoms with Crippen LogP contribution in [0.4, 0.5) is 5.69 Å².